The van der Waals surface area contributed by atoms with E-state index >= 15 is 0 Å². The van der Waals surface area contributed by atoms with Gasteiger partial charge < -0.3 is 0 Å². The first-order chi connectivity index (χ1) is 10.1. The molecule has 2 heterocycles. The number of imidazole rings is 1. The van der Waals surface area contributed by atoms with Crippen molar-refractivity contribution < 1.29 is 4.79 Å². The average molecular weight is 287 g/mol. The number of amides is 1. The number of anilines is 1. The quantitative estimate of drug-likeness (QED) is 0.942. The Morgan fingerprint density at radius 1 is 1.33 bits per heavy atom. The summed E-state index contributed by atoms with van der Waals surface area (Å²) in [7, 11) is 0. The Morgan fingerprint density at radius 2 is 2.10 bits per heavy atom. The van der Waals surface area contributed by atoms with Crippen molar-refractivity contribution in [2.75, 3.05) is 5.32 Å². The molecule has 1 fully saturated rings. The molecule has 1 aliphatic rings. The molecule has 0 aromatic carbocycles. The fourth-order valence-corrected chi connectivity index (χ4v) is 3.06. The lowest BCUT2D eigenvalue weighted by atomic mass is 9.89. The van der Waals surface area contributed by atoms with Crippen LogP contribution in [-0.2, 0) is 11.3 Å². The molecular weight excluding hydrogens is 266 g/mol. The van der Waals surface area contributed by atoms with Gasteiger partial charge in [-0.1, -0.05) is 19.3 Å². The van der Waals surface area contributed by atoms with Gasteiger partial charge >= 0.3 is 0 Å². The lowest BCUT2D eigenvalue weighted by molar-refractivity contribution is -0.114. The molecule has 0 radical (unpaired) electrons. The van der Waals surface area contributed by atoms with E-state index in [-0.39, 0.29) is 5.91 Å². The van der Waals surface area contributed by atoms with Crippen LogP contribution in [-0.4, -0.2) is 25.4 Å². The maximum Gasteiger partial charge on any atom is 0.223 e. The van der Waals surface area contributed by atoms with Crippen LogP contribution in [0.2, 0.25) is 0 Å². The van der Waals surface area contributed by atoms with Gasteiger partial charge in [0.2, 0.25) is 11.9 Å². The first-order valence-corrected chi connectivity index (χ1v) is 7.61. The lowest BCUT2D eigenvalue weighted by Crippen LogP contribution is -2.18. The largest absolute Gasteiger partial charge is 0.296 e. The van der Waals surface area contributed by atoms with Crippen LogP contribution in [0.1, 0.15) is 44.9 Å². The Bertz CT molecular complexity index is 657. The molecule has 0 saturated heterocycles. The number of nitrogens with zero attached hydrogens (tertiary/aromatic N) is 4. The van der Waals surface area contributed by atoms with Crippen LogP contribution in [0.3, 0.4) is 0 Å². The highest BCUT2D eigenvalue weighted by atomic mass is 16.1. The SMILES string of the molecule is CC(=O)Nc1nc2cnc(C)nc2n1CC1CCCCC1. The molecule has 1 amide bonds. The monoisotopic (exact) mass is 287 g/mol. The standard InChI is InChI=1S/C15H21N5O/c1-10-16-8-13-14(17-10)20(15(19-13)18-11(2)21)9-12-6-4-3-5-7-12/h8,12H,3-7,9H2,1-2H3,(H,18,19,21). The Balaban J connectivity index is 1.98. The summed E-state index contributed by atoms with van der Waals surface area (Å²) in [6, 6.07) is 0. The summed E-state index contributed by atoms with van der Waals surface area (Å²) in [4.78, 5) is 24.6. The predicted molar refractivity (Wildman–Crippen MR) is 80.9 cm³/mol. The van der Waals surface area contributed by atoms with E-state index in [1.165, 1.54) is 39.0 Å². The van der Waals surface area contributed by atoms with Crippen LogP contribution in [0.5, 0.6) is 0 Å². The van der Waals surface area contributed by atoms with Crippen molar-refractivity contribution in [2.45, 2.75) is 52.5 Å². The molecule has 0 aliphatic heterocycles. The Hall–Kier alpha value is -1.98. The van der Waals surface area contributed by atoms with Gasteiger partial charge in [0.15, 0.2) is 5.65 Å². The Kier molecular flexibility index (Phi) is 3.86. The van der Waals surface area contributed by atoms with E-state index in [0.29, 0.717) is 11.9 Å². The molecule has 6 nitrogen and oxygen atoms in total. The summed E-state index contributed by atoms with van der Waals surface area (Å²) < 4.78 is 2.04. The third-order valence-corrected chi connectivity index (χ3v) is 4.06. The smallest absolute Gasteiger partial charge is 0.223 e. The van der Waals surface area contributed by atoms with Gasteiger partial charge in [0.05, 0.1) is 6.20 Å². The van der Waals surface area contributed by atoms with Gasteiger partial charge in [-0.15, -0.1) is 0 Å². The molecule has 0 bridgehead atoms. The second kappa shape index (κ2) is 5.79. The van der Waals surface area contributed by atoms with Crippen molar-refractivity contribution in [2.24, 2.45) is 5.92 Å². The maximum atomic E-state index is 11.4. The number of carbonyl (C=O) groups excluding carboxylic acids is 1. The topological polar surface area (TPSA) is 72.7 Å². The summed E-state index contributed by atoms with van der Waals surface area (Å²) >= 11 is 0. The molecule has 1 saturated carbocycles. The van der Waals surface area contributed by atoms with Crippen molar-refractivity contribution in [3.63, 3.8) is 0 Å². The van der Waals surface area contributed by atoms with E-state index in [1.807, 2.05) is 11.5 Å². The van der Waals surface area contributed by atoms with E-state index in [4.69, 9.17) is 0 Å². The Labute approximate surface area is 124 Å². The predicted octanol–water partition coefficient (Wildman–Crippen LogP) is 2.67. The molecule has 0 spiro atoms. The minimum atomic E-state index is -0.111. The zero-order chi connectivity index (χ0) is 14.8. The minimum absolute atomic E-state index is 0.111. The minimum Gasteiger partial charge on any atom is -0.296 e. The number of aromatic nitrogens is 4. The fraction of sp³-hybridized carbons (Fsp3) is 0.600. The molecular formula is C15H21N5O. The Morgan fingerprint density at radius 3 is 2.81 bits per heavy atom. The molecule has 2 aromatic heterocycles. The molecule has 2 aromatic rings. The number of aryl methyl sites for hydroxylation is 1. The maximum absolute atomic E-state index is 11.4. The summed E-state index contributed by atoms with van der Waals surface area (Å²) in [6.07, 6.45) is 8.12. The fourth-order valence-electron chi connectivity index (χ4n) is 3.06. The van der Waals surface area contributed by atoms with Gasteiger partial charge in [-0.3, -0.25) is 14.7 Å². The average Bonchev–Trinajstić information content (AvgIpc) is 2.77. The molecule has 6 heteroatoms. The van der Waals surface area contributed by atoms with Gasteiger partial charge in [-0.05, 0) is 25.7 Å². The van der Waals surface area contributed by atoms with Crippen LogP contribution in [0.25, 0.3) is 11.2 Å². The normalized spacial score (nSPS) is 16.3. The molecule has 3 rings (SSSR count). The summed E-state index contributed by atoms with van der Waals surface area (Å²) in [5, 5.41) is 2.82. The van der Waals surface area contributed by atoms with Crippen molar-refractivity contribution in [3.8, 4) is 0 Å². The number of hydrogen-bond donors (Lipinski definition) is 1. The number of rotatable bonds is 3. The second-order valence-corrected chi connectivity index (χ2v) is 5.86. The van der Waals surface area contributed by atoms with Gasteiger partial charge in [0, 0.05) is 13.5 Å². The highest BCUT2D eigenvalue weighted by Gasteiger charge is 2.19. The lowest BCUT2D eigenvalue weighted by Gasteiger charge is -2.22. The van der Waals surface area contributed by atoms with E-state index in [1.54, 1.807) is 6.20 Å². The van der Waals surface area contributed by atoms with Gasteiger partial charge in [-0.25, -0.2) is 15.0 Å². The van der Waals surface area contributed by atoms with E-state index in [2.05, 4.69) is 20.3 Å². The van der Waals surface area contributed by atoms with Crippen molar-refractivity contribution in [1.82, 2.24) is 19.5 Å². The van der Waals surface area contributed by atoms with E-state index in [9.17, 15) is 4.79 Å². The van der Waals surface area contributed by atoms with Crippen molar-refractivity contribution >= 4 is 23.0 Å². The number of nitrogens with one attached hydrogen (secondary N) is 1. The van der Waals surface area contributed by atoms with Crippen molar-refractivity contribution in [3.05, 3.63) is 12.0 Å². The first-order valence-electron chi connectivity index (χ1n) is 7.61. The van der Waals surface area contributed by atoms with Crippen molar-refractivity contribution in [1.29, 1.82) is 0 Å². The first kappa shape index (κ1) is 14.0. The molecule has 0 atom stereocenters. The van der Waals surface area contributed by atoms with Crippen LogP contribution < -0.4 is 5.32 Å². The zero-order valence-corrected chi connectivity index (χ0v) is 12.6. The highest BCUT2D eigenvalue weighted by molar-refractivity contribution is 5.89. The molecule has 112 valence electrons. The van der Waals surface area contributed by atoms with Gasteiger partial charge in [-0.2, -0.15) is 0 Å². The second-order valence-electron chi connectivity index (χ2n) is 5.86. The van der Waals surface area contributed by atoms with Gasteiger partial charge in [0.1, 0.15) is 11.3 Å². The number of fused-ring (bicyclic) bond motifs is 1. The number of carbonyl (C=O) groups is 1. The van der Waals surface area contributed by atoms with Crippen LogP contribution in [0, 0.1) is 12.8 Å². The summed E-state index contributed by atoms with van der Waals surface area (Å²) in [5.41, 5.74) is 1.55. The third-order valence-electron chi connectivity index (χ3n) is 4.06. The molecule has 1 N–H and O–H groups in total. The van der Waals surface area contributed by atoms with Crippen LogP contribution in [0.15, 0.2) is 6.20 Å². The summed E-state index contributed by atoms with van der Waals surface area (Å²) in [5.74, 6) is 1.84. The zero-order valence-electron chi connectivity index (χ0n) is 12.6. The number of hydrogen-bond acceptors (Lipinski definition) is 4. The molecule has 1 aliphatic carbocycles. The van der Waals surface area contributed by atoms with Crippen LogP contribution in [0.4, 0.5) is 5.95 Å². The molecule has 21 heavy (non-hydrogen) atoms. The molecule has 0 unspecified atom stereocenters. The van der Waals surface area contributed by atoms with Crippen LogP contribution >= 0.6 is 0 Å². The van der Waals surface area contributed by atoms with E-state index in [0.717, 1.165) is 23.5 Å². The third kappa shape index (κ3) is 3.04. The summed E-state index contributed by atoms with van der Waals surface area (Å²) in [6.45, 7) is 4.24. The highest BCUT2D eigenvalue weighted by Crippen LogP contribution is 2.28. The van der Waals surface area contributed by atoms with E-state index < -0.39 is 0 Å². The van der Waals surface area contributed by atoms with Gasteiger partial charge in [0.25, 0.3) is 0 Å².